The summed E-state index contributed by atoms with van der Waals surface area (Å²) in [5.41, 5.74) is 4.15. The van der Waals surface area contributed by atoms with Crippen LogP contribution in [0.25, 0.3) is 0 Å². The fraction of sp³-hybridized carbons (Fsp3) is 0.500. The molecular formula is C28H42N2. The number of likely N-dealkylation sites (tertiary alicyclic amines) is 1. The number of benzene rings is 1. The van der Waals surface area contributed by atoms with Crippen LogP contribution in [0.15, 0.2) is 78.4 Å². The van der Waals surface area contributed by atoms with E-state index in [0.717, 1.165) is 25.3 Å². The van der Waals surface area contributed by atoms with Gasteiger partial charge in [0, 0.05) is 32.4 Å². The smallest absolute Gasteiger partial charge is 0.0363 e. The number of anilines is 1. The third-order valence-corrected chi connectivity index (χ3v) is 6.12. The zero-order valence-electron chi connectivity index (χ0n) is 19.7. The van der Waals surface area contributed by atoms with Crippen LogP contribution >= 0.6 is 0 Å². The summed E-state index contributed by atoms with van der Waals surface area (Å²) in [7, 11) is 2.23. The van der Waals surface area contributed by atoms with Crippen molar-refractivity contribution in [3.8, 4) is 0 Å². The van der Waals surface area contributed by atoms with E-state index in [9.17, 15) is 0 Å². The van der Waals surface area contributed by atoms with Crippen molar-refractivity contribution < 1.29 is 0 Å². The van der Waals surface area contributed by atoms with E-state index in [2.05, 4.69) is 98.0 Å². The molecule has 0 saturated carbocycles. The summed E-state index contributed by atoms with van der Waals surface area (Å²) < 4.78 is 0. The number of allylic oxidation sites excluding steroid dienone is 6. The molecule has 0 N–H and O–H groups in total. The van der Waals surface area contributed by atoms with Crippen molar-refractivity contribution in [1.82, 2.24) is 4.90 Å². The molecule has 164 valence electrons. The van der Waals surface area contributed by atoms with Gasteiger partial charge in [-0.25, -0.2) is 0 Å². The van der Waals surface area contributed by atoms with Crippen molar-refractivity contribution in [2.24, 2.45) is 11.8 Å². The molecule has 1 fully saturated rings. The molecule has 30 heavy (non-hydrogen) atoms. The highest BCUT2D eigenvalue weighted by atomic mass is 15.2. The summed E-state index contributed by atoms with van der Waals surface area (Å²) in [6.07, 6.45) is 16.0. The van der Waals surface area contributed by atoms with Crippen molar-refractivity contribution in [2.45, 2.75) is 46.5 Å². The van der Waals surface area contributed by atoms with Crippen LogP contribution in [0.3, 0.4) is 0 Å². The number of rotatable bonds is 7. The van der Waals surface area contributed by atoms with Crippen LogP contribution in [0.5, 0.6) is 0 Å². The molecule has 3 rings (SSSR count). The number of piperidine rings is 1. The highest BCUT2D eigenvalue weighted by Crippen LogP contribution is 2.24. The minimum absolute atomic E-state index is 0.637. The number of nitrogens with zero attached hydrogens (tertiary/aromatic N) is 2. The van der Waals surface area contributed by atoms with Gasteiger partial charge in [0.15, 0.2) is 0 Å². The van der Waals surface area contributed by atoms with Crippen LogP contribution in [-0.4, -0.2) is 38.1 Å². The third-order valence-electron chi connectivity index (χ3n) is 6.12. The second-order valence-corrected chi connectivity index (χ2v) is 8.95. The molecule has 2 nitrogen and oxygen atoms in total. The first-order valence-corrected chi connectivity index (χ1v) is 11.6. The van der Waals surface area contributed by atoms with Crippen molar-refractivity contribution in [1.29, 1.82) is 0 Å². The minimum atomic E-state index is 0.637. The molecule has 0 radical (unpaired) electrons. The molecule has 0 bridgehead atoms. The zero-order valence-corrected chi connectivity index (χ0v) is 19.7. The van der Waals surface area contributed by atoms with Gasteiger partial charge in [0.05, 0.1) is 0 Å². The summed E-state index contributed by atoms with van der Waals surface area (Å²) in [5, 5.41) is 0. The predicted molar refractivity (Wildman–Crippen MR) is 134 cm³/mol. The Morgan fingerprint density at radius 2 is 1.93 bits per heavy atom. The van der Waals surface area contributed by atoms with Crippen LogP contribution in [0.1, 0.15) is 46.5 Å². The van der Waals surface area contributed by atoms with E-state index in [0.29, 0.717) is 5.92 Å². The Bertz CT molecular complexity index is 713. The van der Waals surface area contributed by atoms with E-state index >= 15 is 0 Å². The highest BCUT2D eigenvalue weighted by Gasteiger charge is 2.23. The average Bonchev–Trinajstić information content (AvgIpc) is 3.05. The lowest BCUT2D eigenvalue weighted by molar-refractivity contribution is 0.163. The Hall–Kier alpha value is -2.06. The first kappa shape index (κ1) is 24.2. The van der Waals surface area contributed by atoms with Crippen molar-refractivity contribution >= 4 is 5.69 Å². The minimum Gasteiger partial charge on any atom is -0.374 e. The molecule has 2 aliphatic rings. The van der Waals surface area contributed by atoms with Crippen LogP contribution < -0.4 is 4.90 Å². The molecule has 2 heteroatoms. The van der Waals surface area contributed by atoms with Gasteiger partial charge in [-0.2, -0.15) is 0 Å². The van der Waals surface area contributed by atoms with Gasteiger partial charge in [0.2, 0.25) is 0 Å². The molecule has 1 aromatic carbocycles. The van der Waals surface area contributed by atoms with Gasteiger partial charge < -0.3 is 9.80 Å². The van der Waals surface area contributed by atoms with E-state index in [1.54, 1.807) is 5.57 Å². The Morgan fingerprint density at radius 3 is 2.63 bits per heavy atom. The molecule has 2 atom stereocenters. The molecule has 1 saturated heterocycles. The monoisotopic (exact) mass is 406 g/mol. The van der Waals surface area contributed by atoms with E-state index in [4.69, 9.17) is 0 Å². The third kappa shape index (κ3) is 8.75. The van der Waals surface area contributed by atoms with Crippen molar-refractivity contribution in [2.75, 3.05) is 38.1 Å². The number of hydrogen-bond donors (Lipinski definition) is 0. The molecule has 0 amide bonds. The maximum atomic E-state index is 3.67. The average molecular weight is 407 g/mol. The molecule has 1 aliphatic carbocycles. The van der Waals surface area contributed by atoms with Crippen LogP contribution in [-0.2, 0) is 0 Å². The molecular weight excluding hydrogens is 364 g/mol. The van der Waals surface area contributed by atoms with Crippen LogP contribution in [0.2, 0.25) is 0 Å². The van der Waals surface area contributed by atoms with Gasteiger partial charge in [-0.15, -0.1) is 6.58 Å². The molecule has 1 aliphatic heterocycles. The lowest BCUT2D eigenvalue weighted by Gasteiger charge is -2.36. The summed E-state index contributed by atoms with van der Waals surface area (Å²) in [5.74, 6) is 1.41. The Labute approximate surface area is 185 Å². The Morgan fingerprint density at radius 1 is 1.20 bits per heavy atom. The molecule has 1 aromatic rings. The van der Waals surface area contributed by atoms with Crippen molar-refractivity contribution in [3.63, 3.8) is 0 Å². The molecule has 0 aromatic heterocycles. The molecule has 1 heterocycles. The summed E-state index contributed by atoms with van der Waals surface area (Å²) in [6, 6.07) is 10.8. The number of para-hydroxylation sites is 1. The maximum absolute atomic E-state index is 3.67. The molecule has 2 unspecified atom stereocenters. The van der Waals surface area contributed by atoms with Crippen LogP contribution in [0.4, 0.5) is 5.69 Å². The van der Waals surface area contributed by atoms with E-state index < -0.39 is 0 Å². The first-order chi connectivity index (χ1) is 14.5. The van der Waals surface area contributed by atoms with E-state index in [1.165, 1.54) is 43.7 Å². The maximum Gasteiger partial charge on any atom is 0.0363 e. The van der Waals surface area contributed by atoms with Gasteiger partial charge in [-0.1, -0.05) is 73.6 Å². The fourth-order valence-corrected chi connectivity index (χ4v) is 4.11. The van der Waals surface area contributed by atoms with Gasteiger partial charge in [0.25, 0.3) is 0 Å². The SMILES string of the molecule is C=C(C)CC.CC(CN1CCCC(CN(C)c2ccccc2)C1)C1=CC=CC=CC1. The highest BCUT2D eigenvalue weighted by molar-refractivity contribution is 5.45. The summed E-state index contributed by atoms with van der Waals surface area (Å²) >= 11 is 0. The topological polar surface area (TPSA) is 6.48 Å². The van der Waals surface area contributed by atoms with Gasteiger partial charge >= 0.3 is 0 Å². The lowest BCUT2D eigenvalue weighted by Crippen LogP contribution is -2.42. The number of hydrogen-bond acceptors (Lipinski definition) is 2. The molecule has 0 spiro atoms. The quantitative estimate of drug-likeness (QED) is 0.455. The summed E-state index contributed by atoms with van der Waals surface area (Å²) in [6.45, 7) is 15.0. The second kappa shape index (κ2) is 13.3. The van der Waals surface area contributed by atoms with E-state index in [1.807, 2.05) is 6.92 Å². The van der Waals surface area contributed by atoms with Gasteiger partial charge in [-0.3, -0.25) is 0 Å². The van der Waals surface area contributed by atoms with Gasteiger partial charge in [0.1, 0.15) is 0 Å². The predicted octanol–water partition coefficient (Wildman–Crippen LogP) is 6.89. The van der Waals surface area contributed by atoms with Crippen LogP contribution in [0, 0.1) is 11.8 Å². The van der Waals surface area contributed by atoms with Crippen molar-refractivity contribution in [3.05, 3.63) is 78.4 Å². The lowest BCUT2D eigenvalue weighted by atomic mass is 9.93. The zero-order chi connectivity index (χ0) is 21.8. The normalized spacial score (nSPS) is 19.9. The Balaban J connectivity index is 0.000000575. The second-order valence-electron chi connectivity index (χ2n) is 8.95. The standard InChI is InChI=1S/C23H32N2.C5H10/c1-20(22-12-6-3-4-7-13-22)17-25-16-10-11-21(19-25)18-24(2)23-14-8-5-9-15-23;1-4-5(2)3/h3-9,12,14-15,20-21H,10-11,13,16-19H2,1-2H3;2,4H2,1,3H3. The summed E-state index contributed by atoms with van der Waals surface area (Å²) in [4.78, 5) is 5.11. The van der Waals surface area contributed by atoms with Gasteiger partial charge in [-0.05, 0) is 63.1 Å². The Kier molecular flexibility index (Phi) is 10.7. The fourth-order valence-electron chi connectivity index (χ4n) is 4.11. The van der Waals surface area contributed by atoms with E-state index in [-0.39, 0.29) is 0 Å². The first-order valence-electron chi connectivity index (χ1n) is 11.6. The largest absolute Gasteiger partial charge is 0.374 e.